The summed E-state index contributed by atoms with van der Waals surface area (Å²) in [6, 6.07) is 4.30. The highest BCUT2D eigenvalue weighted by atomic mass is 16.5. The van der Waals surface area contributed by atoms with Crippen molar-refractivity contribution in [2.45, 2.75) is 32.7 Å². The number of likely N-dealkylation sites (N-methyl/N-ethyl adjacent to an activating group) is 1. The van der Waals surface area contributed by atoms with Crippen LogP contribution in [0.4, 0.5) is 5.82 Å². The number of rotatable bonds is 8. The topological polar surface area (TPSA) is 51.4 Å². The lowest BCUT2D eigenvalue weighted by Crippen LogP contribution is -2.30. The first kappa shape index (κ1) is 14.9. The van der Waals surface area contributed by atoms with Crippen LogP contribution >= 0.6 is 0 Å². The van der Waals surface area contributed by atoms with Gasteiger partial charge in [-0.1, -0.05) is 13.0 Å². The van der Waals surface area contributed by atoms with Crippen LogP contribution in [0.1, 0.15) is 25.8 Å². The van der Waals surface area contributed by atoms with Crippen molar-refractivity contribution in [2.24, 2.45) is 5.73 Å². The van der Waals surface area contributed by atoms with E-state index in [1.54, 1.807) is 7.11 Å². The second-order valence-corrected chi connectivity index (χ2v) is 4.43. The Balaban J connectivity index is 2.84. The molecule has 1 heterocycles. The summed E-state index contributed by atoms with van der Waals surface area (Å²) in [5.41, 5.74) is 7.27. The molecule has 1 atom stereocenters. The van der Waals surface area contributed by atoms with E-state index in [0.29, 0.717) is 6.61 Å². The second kappa shape index (κ2) is 8.06. The monoisotopic (exact) mass is 251 g/mol. The minimum Gasteiger partial charge on any atom is -0.383 e. The number of hydrogen-bond donors (Lipinski definition) is 1. The summed E-state index contributed by atoms with van der Waals surface area (Å²) in [7, 11) is 1.72. The Bertz CT molecular complexity index is 344. The summed E-state index contributed by atoms with van der Waals surface area (Å²) in [4.78, 5) is 6.74. The number of anilines is 1. The van der Waals surface area contributed by atoms with Crippen molar-refractivity contribution < 1.29 is 4.74 Å². The van der Waals surface area contributed by atoms with Crippen LogP contribution in [0, 0.1) is 0 Å². The van der Waals surface area contributed by atoms with E-state index >= 15 is 0 Å². The molecule has 0 radical (unpaired) electrons. The van der Waals surface area contributed by atoms with Gasteiger partial charge in [0.2, 0.25) is 0 Å². The smallest absolute Gasteiger partial charge is 0.131 e. The number of hydrogen-bond acceptors (Lipinski definition) is 4. The standard InChI is InChI=1S/C14H25N3O/c1-4-13(15)11-12-7-6-8-16-14(12)17(5-2)9-10-18-3/h6-8,13H,4-5,9-11,15H2,1-3H3. The highest BCUT2D eigenvalue weighted by molar-refractivity contribution is 5.47. The highest BCUT2D eigenvalue weighted by Gasteiger charge is 2.12. The summed E-state index contributed by atoms with van der Waals surface area (Å²) in [5.74, 6) is 1.04. The van der Waals surface area contributed by atoms with Gasteiger partial charge in [-0.05, 0) is 31.4 Å². The Hall–Kier alpha value is -1.13. The Morgan fingerprint density at radius 1 is 1.44 bits per heavy atom. The predicted octanol–water partition coefficient (Wildman–Crippen LogP) is 1.83. The molecule has 1 aromatic heterocycles. The fraction of sp³-hybridized carbons (Fsp3) is 0.643. The zero-order valence-corrected chi connectivity index (χ0v) is 11.7. The molecular formula is C14H25N3O. The molecule has 0 aliphatic rings. The molecule has 0 saturated heterocycles. The minimum atomic E-state index is 0.203. The van der Waals surface area contributed by atoms with E-state index in [4.69, 9.17) is 10.5 Å². The third-order valence-corrected chi connectivity index (χ3v) is 3.12. The number of nitrogens with two attached hydrogens (primary N) is 1. The minimum absolute atomic E-state index is 0.203. The molecule has 0 aliphatic carbocycles. The van der Waals surface area contributed by atoms with Crippen molar-refractivity contribution in [1.82, 2.24) is 4.98 Å². The molecule has 18 heavy (non-hydrogen) atoms. The number of pyridine rings is 1. The molecule has 1 unspecified atom stereocenters. The fourth-order valence-corrected chi connectivity index (χ4v) is 1.92. The largest absolute Gasteiger partial charge is 0.383 e. The first-order chi connectivity index (χ1) is 8.72. The summed E-state index contributed by atoms with van der Waals surface area (Å²) in [5, 5.41) is 0. The van der Waals surface area contributed by atoms with E-state index in [2.05, 4.69) is 29.8 Å². The SMILES string of the molecule is CCC(N)Cc1cccnc1N(CC)CCOC. The molecule has 0 bridgehead atoms. The van der Waals surface area contributed by atoms with Crippen molar-refractivity contribution in [3.05, 3.63) is 23.9 Å². The third kappa shape index (κ3) is 4.27. The maximum Gasteiger partial charge on any atom is 0.131 e. The molecule has 0 fully saturated rings. The lowest BCUT2D eigenvalue weighted by molar-refractivity contribution is 0.205. The summed E-state index contributed by atoms with van der Waals surface area (Å²) >= 11 is 0. The fourth-order valence-electron chi connectivity index (χ4n) is 1.92. The van der Waals surface area contributed by atoms with Crippen molar-refractivity contribution in [3.63, 3.8) is 0 Å². The molecule has 4 nitrogen and oxygen atoms in total. The third-order valence-electron chi connectivity index (χ3n) is 3.12. The molecule has 1 rings (SSSR count). The Morgan fingerprint density at radius 2 is 2.22 bits per heavy atom. The van der Waals surface area contributed by atoms with E-state index in [9.17, 15) is 0 Å². The molecule has 0 aromatic carbocycles. The highest BCUT2D eigenvalue weighted by Crippen LogP contribution is 2.18. The lowest BCUT2D eigenvalue weighted by atomic mass is 10.1. The molecule has 0 aliphatic heterocycles. The van der Waals surface area contributed by atoms with E-state index in [0.717, 1.165) is 31.7 Å². The first-order valence-electron chi connectivity index (χ1n) is 6.66. The quantitative estimate of drug-likeness (QED) is 0.766. The van der Waals surface area contributed by atoms with Crippen LogP contribution in [-0.2, 0) is 11.2 Å². The van der Waals surface area contributed by atoms with Gasteiger partial charge in [0.15, 0.2) is 0 Å². The molecule has 102 valence electrons. The zero-order valence-electron chi connectivity index (χ0n) is 11.7. The van der Waals surface area contributed by atoms with Crippen LogP contribution in [-0.4, -0.2) is 37.8 Å². The summed E-state index contributed by atoms with van der Waals surface area (Å²) in [6.07, 6.45) is 3.70. The average Bonchev–Trinajstić information content (AvgIpc) is 2.41. The molecule has 1 aromatic rings. The average molecular weight is 251 g/mol. The van der Waals surface area contributed by atoms with Gasteiger partial charge >= 0.3 is 0 Å². The molecule has 4 heteroatoms. The van der Waals surface area contributed by atoms with Gasteiger partial charge in [-0.25, -0.2) is 4.98 Å². The Labute approximate surface area is 110 Å². The molecule has 0 spiro atoms. The van der Waals surface area contributed by atoms with Gasteiger partial charge in [-0.3, -0.25) is 0 Å². The van der Waals surface area contributed by atoms with Crippen LogP contribution in [0.3, 0.4) is 0 Å². The van der Waals surface area contributed by atoms with Gasteiger partial charge in [0.05, 0.1) is 6.61 Å². The first-order valence-corrected chi connectivity index (χ1v) is 6.66. The van der Waals surface area contributed by atoms with Crippen molar-refractivity contribution >= 4 is 5.82 Å². The molecular weight excluding hydrogens is 226 g/mol. The summed E-state index contributed by atoms with van der Waals surface area (Å²) < 4.78 is 5.14. The zero-order chi connectivity index (χ0) is 13.4. The van der Waals surface area contributed by atoms with Gasteiger partial charge in [0, 0.05) is 32.4 Å². The number of aromatic nitrogens is 1. The second-order valence-electron chi connectivity index (χ2n) is 4.43. The van der Waals surface area contributed by atoms with Crippen molar-refractivity contribution in [1.29, 1.82) is 0 Å². The number of methoxy groups -OCH3 is 1. The van der Waals surface area contributed by atoms with Crippen LogP contribution in [0.2, 0.25) is 0 Å². The number of ether oxygens (including phenoxy) is 1. The maximum absolute atomic E-state index is 6.04. The van der Waals surface area contributed by atoms with E-state index < -0.39 is 0 Å². The van der Waals surface area contributed by atoms with E-state index in [1.807, 2.05) is 12.3 Å². The van der Waals surface area contributed by atoms with Crippen LogP contribution in [0.5, 0.6) is 0 Å². The normalized spacial score (nSPS) is 12.4. The van der Waals surface area contributed by atoms with Gasteiger partial charge in [0.25, 0.3) is 0 Å². The van der Waals surface area contributed by atoms with Crippen molar-refractivity contribution in [3.8, 4) is 0 Å². The predicted molar refractivity (Wildman–Crippen MR) is 76.0 cm³/mol. The maximum atomic E-state index is 6.04. The van der Waals surface area contributed by atoms with Crippen LogP contribution < -0.4 is 10.6 Å². The van der Waals surface area contributed by atoms with Gasteiger partial charge in [-0.2, -0.15) is 0 Å². The van der Waals surface area contributed by atoms with Crippen LogP contribution in [0.15, 0.2) is 18.3 Å². The Kier molecular flexibility index (Phi) is 6.68. The van der Waals surface area contributed by atoms with Crippen LogP contribution in [0.25, 0.3) is 0 Å². The lowest BCUT2D eigenvalue weighted by Gasteiger charge is -2.24. The number of nitrogens with zero attached hydrogens (tertiary/aromatic N) is 2. The Morgan fingerprint density at radius 3 is 2.83 bits per heavy atom. The van der Waals surface area contributed by atoms with E-state index in [1.165, 1.54) is 5.56 Å². The molecule has 0 amide bonds. The molecule has 2 N–H and O–H groups in total. The van der Waals surface area contributed by atoms with Gasteiger partial charge < -0.3 is 15.4 Å². The van der Waals surface area contributed by atoms with Crippen molar-refractivity contribution in [2.75, 3.05) is 31.7 Å². The molecule has 0 saturated carbocycles. The van der Waals surface area contributed by atoms with Gasteiger partial charge in [0.1, 0.15) is 5.82 Å². The van der Waals surface area contributed by atoms with Gasteiger partial charge in [-0.15, -0.1) is 0 Å². The summed E-state index contributed by atoms with van der Waals surface area (Å²) in [6.45, 7) is 6.74. The van der Waals surface area contributed by atoms with E-state index in [-0.39, 0.29) is 6.04 Å².